The van der Waals surface area contributed by atoms with Crippen LogP contribution in [0.4, 0.5) is 17.2 Å². The van der Waals surface area contributed by atoms with Gasteiger partial charge in [-0.2, -0.15) is 0 Å². The van der Waals surface area contributed by atoms with Crippen molar-refractivity contribution in [3.05, 3.63) is 59.7 Å². The molecule has 0 bridgehead atoms. The number of aryl methyl sites for hydroxylation is 2. The number of morpholine rings is 1. The van der Waals surface area contributed by atoms with Gasteiger partial charge < -0.3 is 20.7 Å². The standard InChI is InChI=1S/C23H24N6O2/c24-22-21(27-18(14-26-22)17-5-4-15-2-1-3-16(15)12-17)23(30)28-19-13-25-7-6-20(19)29-8-10-31-11-9-29/h4-7,12-14H,1-3,8-11H2,(H2,24,26)(H,28,30). The predicted molar refractivity (Wildman–Crippen MR) is 119 cm³/mol. The fraction of sp³-hybridized carbons (Fsp3) is 0.304. The van der Waals surface area contributed by atoms with E-state index in [-0.39, 0.29) is 11.5 Å². The first-order chi connectivity index (χ1) is 15.2. The summed E-state index contributed by atoms with van der Waals surface area (Å²) in [6.07, 6.45) is 8.33. The number of nitrogens with two attached hydrogens (primary N) is 1. The van der Waals surface area contributed by atoms with E-state index in [4.69, 9.17) is 10.5 Å². The average Bonchev–Trinajstić information content (AvgIpc) is 3.28. The van der Waals surface area contributed by atoms with Crippen molar-refractivity contribution in [1.82, 2.24) is 15.0 Å². The van der Waals surface area contributed by atoms with Gasteiger partial charge >= 0.3 is 0 Å². The van der Waals surface area contributed by atoms with E-state index in [0.29, 0.717) is 24.6 Å². The third-order valence-electron chi connectivity index (χ3n) is 5.81. The van der Waals surface area contributed by atoms with Crippen LogP contribution in [0.1, 0.15) is 28.0 Å². The van der Waals surface area contributed by atoms with Crippen LogP contribution in [0, 0.1) is 0 Å². The second-order valence-electron chi connectivity index (χ2n) is 7.77. The zero-order valence-corrected chi connectivity index (χ0v) is 17.2. The Hall–Kier alpha value is -3.52. The lowest BCUT2D eigenvalue weighted by molar-refractivity contribution is 0.102. The van der Waals surface area contributed by atoms with Crippen LogP contribution in [0.5, 0.6) is 0 Å². The number of anilines is 3. The number of carbonyl (C=O) groups excluding carboxylic acids is 1. The van der Waals surface area contributed by atoms with Crippen LogP contribution in [-0.2, 0) is 17.6 Å². The van der Waals surface area contributed by atoms with E-state index in [9.17, 15) is 4.79 Å². The van der Waals surface area contributed by atoms with E-state index >= 15 is 0 Å². The Labute approximate surface area is 180 Å². The summed E-state index contributed by atoms with van der Waals surface area (Å²) in [7, 11) is 0. The minimum atomic E-state index is -0.407. The third-order valence-corrected chi connectivity index (χ3v) is 5.81. The number of fused-ring (bicyclic) bond motifs is 1. The summed E-state index contributed by atoms with van der Waals surface area (Å²) in [4.78, 5) is 28.2. The second kappa shape index (κ2) is 8.31. The molecule has 1 saturated heterocycles. The Morgan fingerprint density at radius 2 is 1.94 bits per heavy atom. The van der Waals surface area contributed by atoms with Crippen LogP contribution < -0.4 is 16.0 Å². The number of carbonyl (C=O) groups is 1. The first-order valence-electron chi connectivity index (χ1n) is 10.5. The number of hydrogen-bond acceptors (Lipinski definition) is 7. The molecule has 5 rings (SSSR count). The number of rotatable bonds is 4. The Morgan fingerprint density at radius 3 is 2.81 bits per heavy atom. The smallest absolute Gasteiger partial charge is 0.278 e. The largest absolute Gasteiger partial charge is 0.382 e. The van der Waals surface area contributed by atoms with Crippen molar-refractivity contribution in [2.24, 2.45) is 0 Å². The number of aromatic nitrogens is 3. The molecular formula is C23H24N6O2. The lowest BCUT2D eigenvalue weighted by Crippen LogP contribution is -2.36. The lowest BCUT2D eigenvalue weighted by Gasteiger charge is -2.30. The Balaban J connectivity index is 1.42. The molecule has 1 aromatic carbocycles. The molecule has 8 nitrogen and oxygen atoms in total. The van der Waals surface area contributed by atoms with Gasteiger partial charge in [0.25, 0.3) is 5.91 Å². The molecule has 3 aromatic rings. The average molecular weight is 416 g/mol. The van der Waals surface area contributed by atoms with Gasteiger partial charge in [0.2, 0.25) is 0 Å². The number of benzene rings is 1. The molecule has 3 heterocycles. The lowest BCUT2D eigenvalue weighted by atomic mass is 10.0. The number of ether oxygens (including phenoxy) is 1. The quantitative estimate of drug-likeness (QED) is 0.673. The number of pyridine rings is 1. The molecule has 1 aliphatic heterocycles. The molecule has 0 saturated carbocycles. The fourth-order valence-corrected chi connectivity index (χ4v) is 4.18. The third kappa shape index (κ3) is 3.94. The van der Waals surface area contributed by atoms with Crippen molar-refractivity contribution in [1.29, 1.82) is 0 Å². The van der Waals surface area contributed by atoms with Gasteiger partial charge in [-0.3, -0.25) is 9.78 Å². The number of nitrogens with zero attached hydrogens (tertiary/aromatic N) is 4. The minimum Gasteiger partial charge on any atom is -0.382 e. The zero-order chi connectivity index (χ0) is 21.2. The highest BCUT2D eigenvalue weighted by Gasteiger charge is 2.20. The highest BCUT2D eigenvalue weighted by molar-refractivity contribution is 6.07. The van der Waals surface area contributed by atoms with E-state index in [1.165, 1.54) is 17.5 Å². The van der Waals surface area contributed by atoms with Gasteiger partial charge in [0.15, 0.2) is 11.5 Å². The van der Waals surface area contributed by atoms with Crippen LogP contribution in [0.15, 0.2) is 42.9 Å². The normalized spacial score (nSPS) is 15.5. The van der Waals surface area contributed by atoms with Crippen LogP contribution in [-0.4, -0.2) is 47.2 Å². The molecule has 3 N–H and O–H groups in total. The monoisotopic (exact) mass is 416 g/mol. The zero-order valence-electron chi connectivity index (χ0n) is 17.2. The number of amides is 1. The molecule has 1 fully saturated rings. The van der Waals surface area contributed by atoms with Crippen LogP contribution in [0.2, 0.25) is 0 Å². The van der Waals surface area contributed by atoms with Crippen molar-refractivity contribution >= 4 is 23.1 Å². The van der Waals surface area contributed by atoms with Gasteiger partial charge in [-0.1, -0.05) is 12.1 Å². The summed E-state index contributed by atoms with van der Waals surface area (Å²) >= 11 is 0. The predicted octanol–water partition coefficient (Wildman–Crippen LogP) is 2.70. The van der Waals surface area contributed by atoms with E-state index in [1.54, 1.807) is 18.6 Å². The summed E-state index contributed by atoms with van der Waals surface area (Å²) in [6, 6.07) is 8.20. The highest BCUT2D eigenvalue weighted by Crippen LogP contribution is 2.29. The molecular weight excluding hydrogens is 392 g/mol. The van der Waals surface area contributed by atoms with E-state index in [2.05, 4.69) is 37.3 Å². The fourth-order valence-electron chi connectivity index (χ4n) is 4.18. The molecule has 1 amide bonds. The summed E-state index contributed by atoms with van der Waals surface area (Å²) in [6.45, 7) is 2.80. The summed E-state index contributed by atoms with van der Waals surface area (Å²) in [5.74, 6) is -0.310. The molecule has 0 unspecified atom stereocenters. The van der Waals surface area contributed by atoms with Crippen LogP contribution in [0.25, 0.3) is 11.3 Å². The molecule has 2 aromatic heterocycles. The minimum absolute atomic E-state index is 0.0965. The molecule has 8 heteroatoms. The van der Waals surface area contributed by atoms with Crippen molar-refractivity contribution in [2.45, 2.75) is 19.3 Å². The van der Waals surface area contributed by atoms with E-state index in [1.807, 2.05) is 12.1 Å². The van der Waals surface area contributed by atoms with E-state index < -0.39 is 5.91 Å². The van der Waals surface area contributed by atoms with Crippen molar-refractivity contribution in [3.8, 4) is 11.3 Å². The molecule has 158 valence electrons. The SMILES string of the molecule is Nc1ncc(-c2ccc3c(c2)CCC3)nc1C(=O)Nc1cnccc1N1CCOCC1. The molecule has 2 aliphatic rings. The van der Waals surface area contributed by atoms with Crippen molar-refractivity contribution in [3.63, 3.8) is 0 Å². The molecule has 1 aliphatic carbocycles. The summed E-state index contributed by atoms with van der Waals surface area (Å²) < 4.78 is 5.43. The maximum absolute atomic E-state index is 13.1. The number of nitrogens with one attached hydrogen (secondary N) is 1. The molecule has 0 atom stereocenters. The first kappa shape index (κ1) is 19.4. The van der Waals surface area contributed by atoms with Gasteiger partial charge in [0.1, 0.15) is 0 Å². The Morgan fingerprint density at radius 1 is 1.10 bits per heavy atom. The number of nitrogen functional groups attached to an aromatic ring is 1. The van der Waals surface area contributed by atoms with Crippen molar-refractivity contribution in [2.75, 3.05) is 42.3 Å². The Bertz CT molecular complexity index is 1130. The van der Waals surface area contributed by atoms with Crippen molar-refractivity contribution < 1.29 is 9.53 Å². The van der Waals surface area contributed by atoms with Gasteiger partial charge in [0.05, 0.1) is 42.7 Å². The van der Waals surface area contributed by atoms with Gasteiger partial charge in [-0.25, -0.2) is 9.97 Å². The maximum Gasteiger partial charge on any atom is 0.278 e. The maximum atomic E-state index is 13.1. The van der Waals surface area contributed by atoms with Gasteiger partial charge in [-0.05, 0) is 42.5 Å². The highest BCUT2D eigenvalue weighted by atomic mass is 16.5. The molecule has 0 radical (unpaired) electrons. The summed E-state index contributed by atoms with van der Waals surface area (Å²) in [5.41, 5.74) is 11.9. The van der Waals surface area contributed by atoms with Gasteiger partial charge in [0, 0.05) is 24.8 Å². The van der Waals surface area contributed by atoms with Crippen LogP contribution >= 0.6 is 0 Å². The second-order valence-corrected chi connectivity index (χ2v) is 7.77. The van der Waals surface area contributed by atoms with Crippen LogP contribution in [0.3, 0.4) is 0 Å². The van der Waals surface area contributed by atoms with E-state index in [0.717, 1.165) is 37.2 Å². The van der Waals surface area contributed by atoms with Gasteiger partial charge in [-0.15, -0.1) is 0 Å². The summed E-state index contributed by atoms with van der Waals surface area (Å²) in [5, 5.41) is 2.92. The Kier molecular flexibility index (Phi) is 5.21. The molecule has 0 spiro atoms. The molecule has 31 heavy (non-hydrogen) atoms. The first-order valence-corrected chi connectivity index (χ1v) is 10.5. The topological polar surface area (TPSA) is 106 Å². The number of hydrogen-bond donors (Lipinski definition) is 2.